The maximum Gasteiger partial charge on any atom is 0.268 e. The average molecular weight is 863 g/mol. The summed E-state index contributed by atoms with van der Waals surface area (Å²) in [5.74, 6) is -0.807. The number of carbonyl (C=O) groups excluding carboxylic acids is 2. The highest BCUT2D eigenvalue weighted by Gasteiger charge is 2.25. The van der Waals surface area contributed by atoms with Crippen molar-refractivity contribution in [2.24, 2.45) is 0 Å². The second-order valence-electron chi connectivity index (χ2n) is 14.8. The number of ether oxygens (including phenoxy) is 1. The third-order valence-corrected chi connectivity index (χ3v) is 11.7. The number of pyridine rings is 1. The molecule has 0 aliphatic heterocycles. The van der Waals surface area contributed by atoms with E-state index in [1.54, 1.807) is 42.7 Å². The van der Waals surface area contributed by atoms with Crippen molar-refractivity contribution in [3.05, 3.63) is 143 Å². The molecule has 1 amide bonds. The summed E-state index contributed by atoms with van der Waals surface area (Å²) in [4.78, 5) is 31.4. The molecule has 0 fully saturated rings. The van der Waals surface area contributed by atoms with E-state index in [1.165, 1.54) is 18.2 Å². The first kappa shape index (κ1) is 44.7. The monoisotopic (exact) mass is 862 g/mol. The maximum atomic E-state index is 14.0. The number of rotatable bonds is 22. The number of nitrogens with zero attached hydrogens (tertiary/aromatic N) is 2. The van der Waals surface area contributed by atoms with Crippen molar-refractivity contribution in [1.82, 2.24) is 19.9 Å². The van der Waals surface area contributed by atoms with Crippen LogP contribution in [0.1, 0.15) is 46.7 Å². The predicted octanol–water partition coefficient (Wildman–Crippen LogP) is 8.09. The van der Waals surface area contributed by atoms with Crippen LogP contribution in [-0.2, 0) is 21.4 Å². The van der Waals surface area contributed by atoms with Crippen molar-refractivity contribution in [2.45, 2.75) is 36.6 Å². The van der Waals surface area contributed by atoms with Gasteiger partial charge >= 0.3 is 0 Å². The molecule has 1 unspecified atom stereocenters. The van der Waals surface area contributed by atoms with Gasteiger partial charge in [0.2, 0.25) is 0 Å². The van der Waals surface area contributed by atoms with E-state index in [1.807, 2.05) is 62.6 Å². The zero-order valence-electron chi connectivity index (χ0n) is 34.2. The number of aliphatic hydroxyl groups excluding tert-OH is 1. The first-order valence-electron chi connectivity index (χ1n) is 20.1. The van der Waals surface area contributed by atoms with E-state index in [0.717, 1.165) is 46.7 Å². The molecule has 0 aliphatic rings. The van der Waals surface area contributed by atoms with Gasteiger partial charge in [-0.05, 0) is 110 Å². The molecule has 0 aliphatic carbocycles. The molecule has 14 heteroatoms. The molecule has 1 heterocycles. The number of anilines is 2. The van der Waals surface area contributed by atoms with Crippen molar-refractivity contribution >= 4 is 56.0 Å². The molecule has 0 spiro atoms. The predicted molar refractivity (Wildman–Crippen MR) is 243 cm³/mol. The zero-order chi connectivity index (χ0) is 43.2. The Labute approximate surface area is 362 Å². The number of fused-ring (bicyclic) bond motifs is 1. The van der Waals surface area contributed by atoms with Crippen molar-refractivity contribution in [3.63, 3.8) is 0 Å². The van der Waals surface area contributed by atoms with Gasteiger partial charge in [-0.2, -0.15) is 0 Å². The SMILES string of the molecule is CN(C)CCCNc1ccc(S(=O)(=O)NC(=O)c2ccc(NCCNCc3ccccc3-c3ccc(Cl)cc3)cc2Oc2cccc3cnccc23)cc1C(CO)CCC=O. The average Bonchev–Trinajstić information content (AvgIpc) is 3.26. The van der Waals surface area contributed by atoms with Crippen LogP contribution in [0.3, 0.4) is 0 Å². The third kappa shape index (κ3) is 12.1. The van der Waals surface area contributed by atoms with E-state index in [0.29, 0.717) is 60.3 Å². The minimum Gasteiger partial charge on any atom is -0.456 e. The highest BCUT2D eigenvalue weighted by atomic mass is 35.5. The van der Waals surface area contributed by atoms with Crippen LogP contribution >= 0.6 is 11.6 Å². The second kappa shape index (κ2) is 21.6. The molecule has 1 atom stereocenters. The van der Waals surface area contributed by atoms with Crippen LogP contribution in [-0.4, -0.2) is 82.5 Å². The molecule has 0 saturated heterocycles. The number of benzene rings is 5. The molecule has 6 rings (SSSR count). The Kier molecular flexibility index (Phi) is 15.8. The molecule has 61 heavy (non-hydrogen) atoms. The summed E-state index contributed by atoms with van der Waals surface area (Å²) in [5, 5.41) is 22.8. The Bertz CT molecular complexity index is 2530. The van der Waals surface area contributed by atoms with Crippen molar-refractivity contribution in [2.75, 3.05) is 57.5 Å². The van der Waals surface area contributed by atoms with Crippen molar-refractivity contribution < 1.29 is 27.9 Å². The third-order valence-electron chi connectivity index (χ3n) is 10.2. The van der Waals surface area contributed by atoms with Gasteiger partial charge in [-0.15, -0.1) is 0 Å². The Morgan fingerprint density at radius 1 is 0.902 bits per heavy atom. The first-order valence-corrected chi connectivity index (χ1v) is 22.0. The lowest BCUT2D eigenvalue weighted by atomic mass is 9.93. The maximum absolute atomic E-state index is 14.0. The fraction of sp³-hybridized carbons (Fsp3) is 0.255. The number of carbonyl (C=O) groups is 2. The number of aliphatic hydroxyl groups is 1. The second-order valence-corrected chi connectivity index (χ2v) is 16.9. The molecular weight excluding hydrogens is 812 g/mol. The van der Waals surface area contributed by atoms with Crippen LogP contribution in [0.25, 0.3) is 21.9 Å². The first-order chi connectivity index (χ1) is 29.6. The molecule has 5 N–H and O–H groups in total. The summed E-state index contributed by atoms with van der Waals surface area (Å²) < 4.78 is 36.5. The number of aromatic nitrogens is 1. The number of amides is 1. The number of halogens is 1. The molecule has 5 aromatic carbocycles. The molecule has 0 saturated carbocycles. The van der Waals surface area contributed by atoms with Crippen LogP contribution in [0.4, 0.5) is 11.4 Å². The molecule has 1 aromatic heterocycles. The Balaban J connectivity index is 1.21. The smallest absolute Gasteiger partial charge is 0.268 e. The lowest BCUT2D eigenvalue weighted by Gasteiger charge is -2.21. The highest BCUT2D eigenvalue weighted by Crippen LogP contribution is 2.35. The van der Waals surface area contributed by atoms with Crippen LogP contribution < -0.4 is 25.4 Å². The normalized spacial score (nSPS) is 12.0. The van der Waals surface area contributed by atoms with Crippen LogP contribution in [0.15, 0.2) is 126 Å². The molecule has 12 nitrogen and oxygen atoms in total. The largest absolute Gasteiger partial charge is 0.456 e. The lowest BCUT2D eigenvalue weighted by molar-refractivity contribution is -0.108. The number of hydrogen-bond acceptors (Lipinski definition) is 11. The van der Waals surface area contributed by atoms with Crippen LogP contribution in [0.5, 0.6) is 11.5 Å². The summed E-state index contributed by atoms with van der Waals surface area (Å²) in [6.07, 6.45) is 5.46. The molecule has 0 radical (unpaired) electrons. The van der Waals surface area contributed by atoms with Crippen LogP contribution in [0.2, 0.25) is 5.02 Å². The lowest BCUT2D eigenvalue weighted by Crippen LogP contribution is -2.31. The summed E-state index contributed by atoms with van der Waals surface area (Å²) in [6, 6.07) is 32.6. The molecule has 6 aromatic rings. The molecule has 0 bridgehead atoms. The van der Waals surface area contributed by atoms with E-state index >= 15 is 0 Å². The van der Waals surface area contributed by atoms with Gasteiger partial charge in [0.15, 0.2) is 0 Å². The fourth-order valence-electron chi connectivity index (χ4n) is 6.98. The number of hydrogen-bond donors (Lipinski definition) is 5. The van der Waals surface area contributed by atoms with Crippen molar-refractivity contribution in [1.29, 1.82) is 0 Å². The Morgan fingerprint density at radius 2 is 1.72 bits per heavy atom. The van der Waals surface area contributed by atoms with Gasteiger partial charge in [-0.25, -0.2) is 13.1 Å². The Morgan fingerprint density at radius 3 is 2.51 bits per heavy atom. The molecular formula is C47H51ClN6O6S. The van der Waals surface area contributed by atoms with E-state index in [2.05, 4.69) is 42.7 Å². The van der Waals surface area contributed by atoms with Gasteiger partial charge in [0.1, 0.15) is 17.8 Å². The van der Waals surface area contributed by atoms with Gasteiger partial charge in [0, 0.05) is 84.1 Å². The summed E-state index contributed by atoms with van der Waals surface area (Å²) in [6.45, 7) is 2.93. The van der Waals surface area contributed by atoms with E-state index in [4.69, 9.17) is 16.3 Å². The number of nitrogens with one attached hydrogen (secondary N) is 4. The Hall–Kier alpha value is -5.83. The van der Waals surface area contributed by atoms with Gasteiger partial charge in [0.25, 0.3) is 15.9 Å². The highest BCUT2D eigenvalue weighted by molar-refractivity contribution is 7.90. The standard InChI is InChI=1S/C47H51ClN6O6S/c1-54(2)26-7-22-52-44-20-18-39(29-43(44)36(32-56)10-6-27-55)61(58,59)53-47(57)42-19-17-38(28-46(42)60-45-12-5-9-35-31-49-23-21-41(35)45)51-25-24-50-30-34-8-3-4-11-40(34)33-13-15-37(48)16-14-33/h3-5,8-9,11-21,23,27-29,31,36,50-52,56H,6-7,10,22,24-26,30,32H2,1-2H3,(H,53,57). The summed E-state index contributed by atoms with van der Waals surface area (Å²) in [7, 11) is -0.464. The van der Waals surface area contributed by atoms with E-state index < -0.39 is 21.8 Å². The topological polar surface area (TPSA) is 162 Å². The van der Waals surface area contributed by atoms with Crippen molar-refractivity contribution in [3.8, 4) is 22.6 Å². The summed E-state index contributed by atoms with van der Waals surface area (Å²) >= 11 is 6.12. The summed E-state index contributed by atoms with van der Waals surface area (Å²) in [5.41, 5.74) is 5.17. The van der Waals surface area contributed by atoms with E-state index in [9.17, 15) is 23.1 Å². The van der Waals surface area contributed by atoms with Crippen LogP contribution in [0, 0.1) is 0 Å². The number of sulfonamides is 1. The van der Waals surface area contributed by atoms with Gasteiger partial charge < -0.3 is 35.5 Å². The van der Waals surface area contributed by atoms with E-state index in [-0.39, 0.29) is 29.2 Å². The minimum absolute atomic E-state index is 0.00395. The van der Waals surface area contributed by atoms with Gasteiger partial charge in [0.05, 0.1) is 17.1 Å². The fourth-order valence-corrected chi connectivity index (χ4v) is 8.11. The number of aldehydes is 1. The van der Waals surface area contributed by atoms with Gasteiger partial charge in [-0.3, -0.25) is 9.78 Å². The van der Waals surface area contributed by atoms with Gasteiger partial charge in [-0.1, -0.05) is 60.1 Å². The molecule has 318 valence electrons. The quantitative estimate of drug-likeness (QED) is 0.0332. The zero-order valence-corrected chi connectivity index (χ0v) is 35.8. The minimum atomic E-state index is -4.43.